The molecule has 1 aromatic heterocycles. The van der Waals surface area contributed by atoms with Gasteiger partial charge in [-0.25, -0.2) is 0 Å². The molecule has 1 amide bonds. The van der Waals surface area contributed by atoms with Crippen molar-refractivity contribution < 1.29 is 14.3 Å². The van der Waals surface area contributed by atoms with Crippen LogP contribution in [0.15, 0.2) is 46.9 Å². The molecule has 0 radical (unpaired) electrons. The van der Waals surface area contributed by atoms with E-state index in [1.165, 1.54) is 38.3 Å². The Labute approximate surface area is 179 Å². The summed E-state index contributed by atoms with van der Waals surface area (Å²) in [5.41, 5.74) is 8.56. The minimum absolute atomic E-state index is 0.202. The van der Waals surface area contributed by atoms with Crippen LogP contribution in [0.5, 0.6) is 0 Å². The molecule has 158 valence electrons. The molecular formula is C26H31NO3. The third kappa shape index (κ3) is 4.34. The predicted octanol–water partition coefficient (Wildman–Crippen LogP) is 5.22. The molecule has 0 fully saturated rings. The predicted molar refractivity (Wildman–Crippen MR) is 120 cm³/mol. The van der Waals surface area contributed by atoms with Crippen LogP contribution in [0.25, 0.3) is 0 Å². The van der Waals surface area contributed by atoms with Gasteiger partial charge in [0.15, 0.2) is 5.76 Å². The second-order valence-electron chi connectivity index (χ2n) is 8.16. The number of aliphatic hydroxyl groups is 1. The van der Waals surface area contributed by atoms with Crippen LogP contribution < -0.4 is 0 Å². The summed E-state index contributed by atoms with van der Waals surface area (Å²) in [6.07, 6.45) is -0.0816. The molecule has 1 heterocycles. The fourth-order valence-electron chi connectivity index (χ4n) is 3.92. The molecule has 2 aromatic carbocycles. The topological polar surface area (TPSA) is 53.7 Å². The number of amides is 1. The molecule has 0 aliphatic heterocycles. The minimum Gasteiger partial charge on any atom is -0.456 e. The number of furan rings is 1. The van der Waals surface area contributed by atoms with Gasteiger partial charge in [-0.15, -0.1) is 0 Å². The zero-order valence-electron chi connectivity index (χ0n) is 18.7. The van der Waals surface area contributed by atoms with Crippen LogP contribution in [-0.4, -0.2) is 29.5 Å². The zero-order valence-corrected chi connectivity index (χ0v) is 18.7. The standard InChI is InChI=1S/C26H31NO3/c1-16-17(2)19(4)23(20(5)18(16)3)14-22-12-13-25(30-22)26(29)27(6)15-24(28)21-10-8-7-9-11-21/h7-13,24,28H,14-15H2,1-6H3. The third-order valence-corrected chi connectivity index (χ3v) is 6.36. The first kappa shape index (κ1) is 21.8. The number of nitrogens with zero attached hydrogens (tertiary/aromatic N) is 1. The summed E-state index contributed by atoms with van der Waals surface area (Å²) in [5.74, 6) is 0.828. The zero-order chi connectivity index (χ0) is 22.0. The van der Waals surface area contributed by atoms with Crippen molar-refractivity contribution in [3.8, 4) is 0 Å². The van der Waals surface area contributed by atoms with Crippen molar-refractivity contribution in [1.29, 1.82) is 0 Å². The van der Waals surface area contributed by atoms with Gasteiger partial charge in [0.1, 0.15) is 5.76 Å². The lowest BCUT2D eigenvalue weighted by Gasteiger charge is -2.20. The summed E-state index contributed by atoms with van der Waals surface area (Å²) >= 11 is 0. The van der Waals surface area contributed by atoms with E-state index in [9.17, 15) is 9.90 Å². The first-order valence-electron chi connectivity index (χ1n) is 10.3. The molecule has 0 aliphatic carbocycles. The largest absolute Gasteiger partial charge is 0.456 e. The van der Waals surface area contributed by atoms with Crippen LogP contribution in [0.3, 0.4) is 0 Å². The van der Waals surface area contributed by atoms with E-state index in [1.807, 2.05) is 36.4 Å². The fourth-order valence-corrected chi connectivity index (χ4v) is 3.92. The Morgan fingerprint density at radius 3 is 2.07 bits per heavy atom. The fraction of sp³-hybridized carbons (Fsp3) is 0.346. The highest BCUT2D eigenvalue weighted by atomic mass is 16.4. The number of aliphatic hydroxyl groups excluding tert-OH is 1. The van der Waals surface area contributed by atoms with Crippen molar-refractivity contribution in [3.63, 3.8) is 0 Å². The first-order valence-corrected chi connectivity index (χ1v) is 10.3. The van der Waals surface area contributed by atoms with Gasteiger partial charge in [0.25, 0.3) is 5.91 Å². The quantitative estimate of drug-likeness (QED) is 0.612. The molecule has 3 aromatic rings. The Balaban J connectivity index is 1.74. The SMILES string of the molecule is Cc1c(C)c(C)c(Cc2ccc(C(=O)N(C)CC(O)c3ccccc3)o2)c(C)c1C. The maximum atomic E-state index is 12.8. The van der Waals surface area contributed by atoms with Crippen molar-refractivity contribution in [2.45, 2.75) is 47.1 Å². The van der Waals surface area contributed by atoms with Crippen molar-refractivity contribution >= 4 is 5.91 Å². The Hall–Kier alpha value is -2.85. The Kier molecular flexibility index (Phi) is 6.47. The van der Waals surface area contributed by atoms with Crippen LogP contribution in [-0.2, 0) is 6.42 Å². The highest BCUT2D eigenvalue weighted by molar-refractivity contribution is 5.91. The summed E-state index contributed by atoms with van der Waals surface area (Å²) < 4.78 is 5.90. The van der Waals surface area contributed by atoms with Crippen LogP contribution >= 0.6 is 0 Å². The number of hydrogen-bond donors (Lipinski definition) is 1. The van der Waals surface area contributed by atoms with E-state index in [4.69, 9.17) is 4.42 Å². The number of hydrogen-bond acceptors (Lipinski definition) is 3. The molecule has 1 atom stereocenters. The number of likely N-dealkylation sites (N-methyl/N-ethyl adjacent to an activating group) is 1. The second-order valence-corrected chi connectivity index (χ2v) is 8.16. The van der Waals surface area contributed by atoms with Crippen LogP contribution in [0, 0.1) is 34.6 Å². The van der Waals surface area contributed by atoms with Gasteiger partial charge in [-0.3, -0.25) is 4.79 Å². The van der Waals surface area contributed by atoms with Crippen LogP contribution in [0.1, 0.15) is 61.4 Å². The minimum atomic E-state index is -0.738. The van der Waals surface area contributed by atoms with E-state index in [-0.39, 0.29) is 12.5 Å². The lowest BCUT2D eigenvalue weighted by atomic mass is 9.88. The maximum Gasteiger partial charge on any atom is 0.289 e. The highest BCUT2D eigenvalue weighted by Crippen LogP contribution is 2.28. The summed E-state index contributed by atoms with van der Waals surface area (Å²) in [6, 6.07) is 12.9. The molecule has 1 N–H and O–H groups in total. The highest BCUT2D eigenvalue weighted by Gasteiger charge is 2.20. The van der Waals surface area contributed by atoms with E-state index in [1.54, 1.807) is 13.1 Å². The molecule has 3 rings (SSSR count). The van der Waals surface area contributed by atoms with Crippen molar-refractivity contribution in [2.24, 2.45) is 0 Å². The summed E-state index contributed by atoms with van der Waals surface area (Å²) in [5, 5.41) is 10.4. The van der Waals surface area contributed by atoms with E-state index in [0.29, 0.717) is 12.2 Å². The number of rotatable bonds is 6. The molecule has 0 aliphatic rings. The lowest BCUT2D eigenvalue weighted by molar-refractivity contribution is 0.0650. The average Bonchev–Trinajstić information content (AvgIpc) is 3.22. The molecule has 4 nitrogen and oxygen atoms in total. The summed E-state index contributed by atoms with van der Waals surface area (Å²) in [6.45, 7) is 11.0. The van der Waals surface area contributed by atoms with Crippen molar-refractivity contribution in [3.05, 3.63) is 92.9 Å². The van der Waals surface area contributed by atoms with Crippen LogP contribution in [0.4, 0.5) is 0 Å². The molecule has 30 heavy (non-hydrogen) atoms. The molecular weight excluding hydrogens is 374 g/mol. The van der Waals surface area contributed by atoms with Gasteiger partial charge in [-0.05, 0) is 85.7 Å². The number of carbonyl (C=O) groups is 1. The third-order valence-electron chi connectivity index (χ3n) is 6.36. The van der Waals surface area contributed by atoms with E-state index in [0.717, 1.165) is 11.3 Å². The summed E-state index contributed by atoms with van der Waals surface area (Å²) in [4.78, 5) is 14.3. The normalized spacial score (nSPS) is 12.1. The van der Waals surface area contributed by atoms with Crippen LogP contribution in [0.2, 0.25) is 0 Å². The van der Waals surface area contributed by atoms with Crippen molar-refractivity contribution in [1.82, 2.24) is 4.90 Å². The van der Waals surface area contributed by atoms with Gasteiger partial charge in [0.2, 0.25) is 0 Å². The first-order chi connectivity index (χ1) is 14.2. The monoisotopic (exact) mass is 405 g/mol. The molecule has 0 spiro atoms. The van der Waals surface area contributed by atoms with E-state index < -0.39 is 6.10 Å². The molecule has 0 bridgehead atoms. The number of carbonyl (C=O) groups excluding carboxylic acids is 1. The van der Waals surface area contributed by atoms with Gasteiger partial charge in [-0.1, -0.05) is 30.3 Å². The maximum absolute atomic E-state index is 12.8. The van der Waals surface area contributed by atoms with E-state index in [2.05, 4.69) is 34.6 Å². The smallest absolute Gasteiger partial charge is 0.289 e. The average molecular weight is 406 g/mol. The molecule has 1 unspecified atom stereocenters. The summed E-state index contributed by atoms with van der Waals surface area (Å²) in [7, 11) is 1.68. The van der Waals surface area contributed by atoms with Gasteiger partial charge in [0, 0.05) is 13.5 Å². The van der Waals surface area contributed by atoms with Gasteiger partial charge in [-0.2, -0.15) is 0 Å². The second kappa shape index (κ2) is 8.88. The Morgan fingerprint density at radius 1 is 0.900 bits per heavy atom. The molecule has 0 saturated carbocycles. The molecule has 4 heteroatoms. The van der Waals surface area contributed by atoms with E-state index >= 15 is 0 Å². The Bertz CT molecular complexity index is 1020. The van der Waals surface area contributed by atoms with Gasteiger partial charge < -0.3 is 14.4 Å². The number of benzene rings is 2. The van der Waals surface area contributed by atoms with Crippen molar-refractivity contribution in [2.75, 3.05) is 13.6 Å². The van der Waals surface area contributed by atoms with Gasteiger partial charge >= 0.3 is 0 Å². The Morgan fingerprint density at radius 2 is 1.47 bits per heavy atom. The molecule has 0 saturated heterocycles. The lowest BCUT2D eigenvalue weighted by Crippen LogP contribution is -2.30. The van der Waals surface area contributed by atoms with Gasteiger partial charge in [0.05, 0.1) is 12.6 Å².